The lowest BCUT2D eigenvalue weighted by molar-refractivity contribution is -0.137. The zero-order valence-corrected chi connectivity index (χ0v) is 9.20. The van der Waals surface area contributed by atoms with Crippen LogP contribution in [0.1, 0.15) is 11.1 Å². The molecule has 0 atom stereocenters. The van der Waals surface area contributed by atoms with E-state index in [9.17, 15) is 13.2 Å². The van der Waals surface area contributed by atoms with Gasteiger partial charge in [-0.1, -0.05) is 18.1 Å². The molecule has 0 amide bonds. The fourth-order valence-electron chi connectivity index (χ4n) is 1.54. The molecule has 1 aromatic heterocycles. The molecule has 90 valence electrons. The van der Waals surface area contributed by atoms with Crippen molar-refractivity contribution in [2.45, 2.75) is 6.18 Å². The van der Waals surface area contributed by atoms with Gasteiger partial charge in [0.1, 0.15) is 0 Å². The van der Waals surface area contributed by atoms with E-state index in [-0.39, 0.29) is 0 Å². The third-order valence-electron chi connectivity index (χ3n) is 2.43. The van der Waals surface area contributed by atoms with Gasteiger partial charge in [0.2, 0.25) is 0 Å². The van der Waals surface area contributed by atoms with E-state index in [0.29, 0.717) is 16.7 Å². The first-order chi connectivity index (χ1) is 8.50. The third kappa shape index (κ3) is 2.51. The van der Waals surface area contributed by atoms with Crippen molar-refractivity contribution < 1.29 is 13.2 Å². The Hall–Kier alpha value is -2.28. The molecule has 0 saturated heterocycles. The molecule has 0 fully saturated rings. The molecule has 4 heteroatoms. The molecular formula is C14H8F3N. The van der Waals surface area contributed by atoms with Gasteiger partial charge in [-0.15, -0.1) is 6.42 Å². The van der Waals surface area contributed by atoms with Gasteiger partial charge in [0, 0.05) is 23.5 Å². The van der Waals surface area contributed by atoms with Crippen LogP contribution in [0.4, 0.5) is 13.2 Å². The van der Waals surface area contributed by atoms with E-state index >= 15 is 0 Å². The summed E-state index contributed by atoms with van der Waals surface area (Å²) >= 11 is 0. The minimum absolute atomic E-state index is 0.391. The molecule has 2 aromatic rings. The number of hydrogen-bond acceptors (Lipinski definition) is 1. The van der Waals surface area contributed by atoms with E-state index in [2.05, 4.69) is 10.9 Å². The predicted octanol–water partition coefficient (Wildman–Crippen LogP) is 3.75. The highest BCUT2D eigenvalue weighted by atomic mass is 19.4. The van der Waals surface area contributed by atoms with Crippen molar-refractivity contribution in [2.24, 2.45) is 0 Å². The minimum Gasteiger partial charge on any atom is -0.263 e. The Balaban J connectivity index is 2.48. The van der Waals surface area contributed by atoms with Gasteiger partial charge in [0.15, 0.2) is 0 Å². The number of alkyl halides is 3. The summed E-state index contributed by atoms with van der Waals surface area (Å²) in [6, 6.07) is 7.81. The maximum Gasteiger partial charge on any atom is 0.417 e. The number of pyridine rings is 1. The van der Waals surface area contributed by atoms with Gasteiger partial charge in [-0.05, 0) is 23.8 Å². The number of benzene rings is 1. The summed E-state index contributed by atoms with van der Waals surface area (Å²) in [6.07, 6.45) is 3.03. The van der Waals surface area contributed by atoms with Crippen LogP contribution in [0.5, 0.6) is 0 Å². The van der Waals surface area contributed by atoms with Gasteiger partial charge < -0.3 is 0 Å². The van der Waals surface area contributed by atoms with Crippen LogP contribution in [0.3, 0.4) is 0 Å². The lowest BCUT2D eigenvalue weighted by atomic mass is 10.0. The maximum absolute atomic E-state index is 12.6. The van der Waals surface area contributed by atoms with Crippen LogP contribution in [0, 0.1) is 12.3 Å². The third-order valence-corrected chi connectivity index (χ3v) is 2.43. The van der Waals surface area contributed by atoms with E-state index in [1.165, 1.54) is 6.20 Å². The van der Waals surface area contributed by atoms with Crippen molar-refractivity contribution in [3.63, 3.8) is 0 Å². The molecule has 0 bridgehead atoms. The zero-order chi connectivity index (χ0) is 13.2. The summed E-state index contributed by atoms with van der Waals surface area (Å²) in [5, 5.41) is 0. The first-order valence-electron chi connectivity index (χ1n) is 5.10. The molecule has 0 saturated carbocycles. The predicted molar refractivity (Wildman–Crippen MR) is 62.6 cm³/mol. The Morgan fingerprint density at radius 2 is 1.83 bits per heavy atom. The summed E-state index contributed by atoms with van der Waals surface area (Å²) < 4.78 is 37.7. The lowest BCUT2D eigenvalue weighted by Gasteiger charge is -2.08. The van der Waals surface area contributed by atoms with Gasteiger partial charge in [-0.25, -0.2) is 0 Å². The smallest absolute Gasteiger partial charge is 0.263 e. The number of halogens is 3. The Labute approximate surface area is 102 Å². The van der Waals surface area contributed by atoms with Gasteiger partial charge >= 0.3 is 6.18 Å². The second-order valence-electron chi connectivity index (χ2n) is 3.69. The quantitative estimate of drug-likeness (QED) is 0.699. The van der Waals surface area contributed by atoms with Crippen LogP contribution in [-0.2, 0) is 6.18 Å². The van der Waals surface area contributed by atoms with Crippen molar-refractivity contribution >= 4 is 0 Å². The SMILES string of the molecule is C#Cc1cccc(-c2cncc(C(F)(F)F)c2)c1. The molecule has 0 aliphatic rings. The van der Waals surface area contributed by atoms with Crippen LogP contribution < -0.4 is 0 Å². The minimum atomic E-state index is -4.40. The van der Waals surface area contributed by atoms with Crippen LogP contribution in [0.25, 0.3) is 11.1 Å². The highest BCUT2D eigenvalue weighted by Gasteiger charge is 2.31. The number of terminal acetylenes is 1. The molecule has 0 N–H and O–H groups in total. The largest absolute Gasteiger partial charge is 0.417 e. The summed E-state index contributed by atoms with van der Waals surface area (Å²) in [4.78, 5) is 3.61. The molecular weight excluding hydrogens is 239 g/mol. The fourth-order valence-corrected chi connectivity index (χ4v) is 1.54. The maximum atomic E-state index is 12.6. The van der Waals surface area contributed by atoms with Gasteiger partial charge in [0.05, 0.1) is 5.56 Å². The molecule has 1 nitrogen and oxygen atoms in total. The normalized spacial score (nSPS) is 11.0. The van der Waals surface area contributed by atoms with Crippen molar-refractivity contribution in [3.8, 4) is 23.5 Å². The van der Waals surface area contributed by atoms with Crippen molar-refractivity contribution in [2.75, 3.05) is 0 Å². The molecule has 0 unspecified atom stereocenters. The molecule has 18 heavy (non-hydrogen) atoms. The van der Waals surface area contributed by atoms with E-state index < -0.39 is 11.7 Å². The summed E-state index contributed by atoms with van der Waals surface area (Å²) in [6.45, 7) is 0. The van der Waals surface area contributed by atoms with Crippen LogP contribution in [0.2, 0.25) is 0 Å². The molecule has 0 spiro atoms. The average Bonchev–Trinajstić information content (AvgIpc) is 2.38. The van der Waals surface area contributed by atoms with Crippen LogP contribution in [-0.4, -0.2) is 4.98 Å². The Bertz CT molecular complexity index is 609. The molecule has 0 aliphatic heterocycles. The van der Waals surface area contributed by atoms with Gasteiger partial charge in [-0.2, -0.15) is 13.2 Å². The first kappa shape index (κ1) is 12.2. The summed E-state index contributed by atoms with van der Waals surface area (Å²) in [5.74, 6) is 2.44. The van der Waals surface area contributed by atoms with Gasteiger partial charge in [0.25, 0.3) is 0 Å². The Morgan fingerprint density at radius 3 is 2.50 bits per heavy atom. The van der Waals surface area contributed by atoms with Crippen molar-refractivity contribution in [1.82, 2.24) is 4.98 Å². The topological polar surface area (TPSA) is 12.9 Å². The Kier molecular flexibility index (Phi) is 3.07. The van der Waals surface area contributed by atoms with Crippen LogP contribution >= 0.6 is 0 Å². The number of aromatic nitrogens is 1. The molecule has 0 aliphatic carbocycles. The summed E-state index contributed by atoms with van der Waals surface area (Å²) in [7, 11) is 0. The highest BCUT2D eigenvalue weighted by Crippen LogP contribution is 2.31. The molecule has 2 rings (SSSR count). The number of rotatable bonds is 1. The zero-order valence-electron chi connectivity index (χ0n) is 9.20. The molecule has 1 heterocycles. The van der Waals surface area contributed by atoms with Crippen LogP contribution in [0.15, 0.2) is 42.7 Å². The standard InChI is InChI=1S/C14H8F3N/c1-2-10-4-3-5-11(6-10)12-7-13(9-18-8-12)14(15,16)17/h1,3-9H. The number of hydrogen-bond donors (Lipinski definition) is 0. The fraction of sp³-hybridized carbons (Fsp3) is 0.0714. The average molecular weight is 247 g/mol. The second kappa shape index (κ2) is 4.53. The van der Waals surface area contributed by atoms with E-state index in [4.69, 9.17) is 6.42 Å². The van der Waals surface area contributed by atoms with E-state index in [0.717, 1.165) is 12.3 Å². The first-order valence-corrected chi connectivity index (χ1v) is 5.10. The Morgan fingerprint density at radius 1 is 1.06 bits per heavy atom. The molecule has 0 radical (unpaired) electrons. The lowest BCUT2D eigenvalue weighted by Crippen LogP contribution is -2.05. The van der Waals surface area contributed by atoms with E-state index in [1.54, 1.807) is 24.3 Å². The van der Waals surface area contributed by atoms with E-state index in [1.807, 2.05) is 0 Å². The number of nitrogens with zero attached hydrogens (tertiary/aromatic N) is 1. The van der Waals surface area contributed by atoms with Crippen molar-refractivity contribution in [3.05, 3.63) is 53.9 Å². The highest BCUT2D eigenvalue weighted by molar-refractivity contribution is 5.65. The second-order valence-corrected chi connectivity index (χ2v) is 3.69. The summed E-state index contributed by atoms with van der Waals surface area (Å²) in [5.41, 5.74) is 0.849. The van der Waals surface area contributed by atoms with Crippen molar-refractivity contribution in [1.29, 1.82) is 0 Å². The van der Waals surface area contributed by atoms with Gasteiger partial charge in [-0.3, -0.25) is 4.98 Å². The molecule has 1 aromatic carbocycles. The monoisotopic (exact) mass is 247 g/mol.